The molecule has 1 aromatic carbocycles. The van der Waals surface area contributed by atoms with Gasteiger partial charge in [-0.15, -0.1) is 0 Å². The largest absolute Gasteiger partial charge is 0.480 e. The number of amides is 1. The molecule has 1 aliphatic rings. The summed E-state index contributed by atoms with van der Waals surface area (Å²) >= 11 is 5.97. The average Bonchev–Trinajstić information content (AvgIpc) is 3.16. The second kappa shape index (κ2) is 4.85. The van der Waals surface area contributed by atoms with E-state index in [9.17, 15) is 14.7 Å². The zero-order valence-corrected chi connectivity index (χ0v) is 11.6. The lowest BCUT2D eigenvalue weighted by molar-refractivity contribution is -0.144. The van der Waals surface area contributed by atoms with Gasteiger partial charge in [-0.2, -0.15) is 0 Å². The smallest absolute Gasteiger partial charge is 0.329 e. The van der Waals surface area contributed by atoms with Gasteiger partial charge in [0, 0.05) is 10.6 Å². The van der Waals surface area contributed by atoms with Crippen LogP contribution >= 0.6 is 11.6 Å². The molecular weight excluding hydrogens is 266 g/mol. The number of rotatable bonds is 4. The molecule has 0 radical (unpaired) electrons. The van der Waals surface area contributed by atoms with Crippen LogP contribution in [-0.2, 0) is 4.79 Å². The zero-order chi connectivity index (χ0) is 14.2. The van der Waals surface area contributed by atoms with Crippen LogP contribution in [0.2, 0.25) is 5.02 Å². The van der Waals surface area contributed by atoms with Gasteiger partial charge in [-0.1, -0.05) is 17.7 Å². The van der Waals surface area contributed by atoms with Crippen molar-refractivity contribution in [1.82, 2.24) is 5.32 Å². The van der Waals surface area contributed by atoms with Crippen molar-refractivity contribution in [1.29, 1.82) is 0 Å². The lowest BCUT2D eigenvalue weighted by Gasteiger charge is -2.26. The van der Waals surface area contributed by atoms with E-state index in [0.717, 1.165) is 12.8 Å². The molecule has 2 N–H and O–H groups in total. The molecular formula is C14H16ClNO3. The molecule has 0 saturated heterocycles. The van der Waals surface area contributed by atoms with E-state index in [2.05, 4.69) is 5.32 Å². The lowest BCUT2D eigenvalue weighted by atomic mass is 9.95. The topological polar surface area (TPSA) is 66.4 Å². The van der Waals surface area contributed by atoms with Crippen molar-refractivity contribution in [2.45, 2.75) is 32.2 Å². The van der Waals surface area contributed by atoms with Gasteiger partial charge in [-0.25, -0.2) is 4.79 Å². The van der Waals surface area contributed by atoms with Crippen LogP contribution < -0.4 is 5.32 Å². The monoisotopic (exact) mass is 281 g/mol. The summed E-state index contributed by atoms with van der Waals surface area (Å²) in [5.41, 5.74) is -0.128. The van der Waals surface area contributed by atoms with Crippen LogP contribution in [0, 0.1) is 12.8 Å². The first-order valence-electron chi connectivity index (χ1n) is 6.17. The second-order valence-corrected chi connectivity index (χ2v) is 5.56. The van der Waals surface area contributed by atoms with Gasteiger partial charge in [0.25, 0.3) is 5.91 Å². The number of carbonyl (C=O) groups excluding carboxylic acids is 1. The molecule has 1 unspecified atom stereocenters. The van der Waals surface area contributed by atoms with Crippen molar-refractivity contribution >= 4 is 23.5 Å². The predicted octanol–water partition coefficient (Wildman–Crippen LogP) is 2.63. The molecule has 1 saturated carbocycles. The molecule has 0 heterocycles. The first kappa shape index (κ1) is 13.9. The van der Waals surface area contributed by atoms with Crippen LogP contribution in [0.15, 0.2) is 18.2 Å². The van der Waals surface area contributed by atoms with Crippen molar-refractivity contribution in [3.63, 3.8) is 0 Å². The first-order chi connectivity index (χ1) is 8.86. The average molecular weight is 282 g/mol. The Kier molecular flexibility index (Phi) is 3.54. The Balaban J connectivity index is 2.25. The maximum Gasteiger partial charge on any atom is 0.329 e. The van der Waals surface area contributed by atoms with Crippen molar-refractivity contribution in [2.75, 3.05) is 0 Å². The Hall–Kier alpha value is -1.55. The van der Waals surface area contributed by atoms with E-state index in [4.69, 9.17) is 11.6 Å². The molecule has 0 spiro atoms. The molecule has 0 aliphatic heterocycles. The maximum atomic E-state index is 12.2. The fourth-order valence-electron chi connectivity index (χ4n) is 2.15. The first-order valence-corrected chi connectivity index (χ1v) is 6.55. The molecule has 1 atom stereocenters. The summed E-state index contributed by atoms with van der Waals surface area (Å²) < 4.78 is 0. The van der Waals surface area contributed by atoms with Gasteiger partial charge >= 0.3 is 5.97 Å². The molecule has 1 fully saturated rings. The minimum absolute atomic E-state index is 0.00782. The van der Waals surface area contributed by atoms with Gasteiger partial charge in [-0.3, -0.25) is 4.79 Å². The molecule has 4 nitrogen and oxygen atoms in total. The van der Waals surface area contributed by atoms with Gasteiger partial charge in [0.1, 0.15) is 5.54 Å². The molecule has 1 aliphatic carbocycles. The van der Waals surface area contributed by atoms with Crippen LogP contribution in [0.1, 0.15) is 35.7 Å². The van der Waals surface area contributed by atoms with Gasteiger partial charge in [0.2, 0.25) is 0 Å². The Morgan fingerprint density at radius 1 is 1.42 bits per heavy atom. The summed E-state index contributed by atoms with van der Waals surface area (Å²) in [7, 11) is 0. The van der Waals surface area contributed by atoms with Crippen molar-refractivity contribution in [2.24, 2.45) is 5.92 Å². The SMILES string of the molecule is Cc1c(Cl)cccc1C(=O)NC(C)(C(=O)O)C1CC1. The standard InChI is InChI=1S/C14H16ClNO3/c1-8-10(4-3-5-11(8)15)12(17)16-14(2,13(18)19)9-6-7-9/h3-5,9H,6-7H2,1-2H3,(H,16,17)(H,18,19). The number of carboxylic acids is 1. The molecule has 0 aromatic heterocycles. The molecule has 5 heteroatoms. The number of carboxylic acid groups (broad SMARTS) is 1. The molecule has 1 amide bonds. The van der Waals surface area contributed by atoms with E-state index >= 15 is 0 Å². The van der Waals surface area contributed by atoms with Crippen molar-refractivity contribution < 1.29 is 14.7 Å². The van der Waals surface area contributed by atoms with Crippen molar-refractivity contribution in [3.8, 4) is 0 Å². The highest BCUT2D eigenvalue weighted by molar-refractivity contribution is 6.31. The highest BCUT2D eigenvalue weighted by Crippen LogP contribution is 2.40. The van der Waals surface area contributed by atoms with Crippen molar-refractivity contribution in [3.05, 3.63) is 34.3 Å². The highest BCUT2D eigenvalue weighted by atomic mass is 35.5. The van der Waals surface area contributed by atoms with E-state index in [0.29, 0.717) is 16.1 Å². The number of hydrogen-bond acceptors (Lipinski definition) is 2. The summed E-state index contributed by atoms with van der Waals surface area (Å²) in [6.45, 7) is 3.30. The summed E-state index contributed by atoms with van der Waals surface area (Å²) in [6, 6.07) is 5.02. The third kappa shape index (κ3) is 2.59. The fourth-order valence-corrected chi connectivity index (χ4v) is 2.32. The summed E-state index contributed by atoms with van der Waals surface area (Å²) in [6.07, 6.45) is 1.66. The third-order valence-corrected chi connectivity index (χ3v) is 4.13. The molecule has 102 valence electrons. The number of nitrogens with one attached hydrogen (secondary N) is 1. The zero-order valence-electron chi connectivity index (χ0n) is 10.9. The molecule has 19 heavy (non-hydrogen) atoms. The van der Waals surface area contributed by atoms with E-state index in [1.807, 2.05) is 0 Å². The normalized spacial score (nSPS) is 17.6. The number of hydrogen-bond donors (Lipinski definition) is 2. The minimum Gasteiger partial charge on any atom is -0.480 e. The molecule has 1 aromatic rings. The molecule has 0 bridgehead atoms. The molecule has 2 rings (SSSR count). The fraction of sp³-hybridized carbons (Fsp3) is 0.429. The summed E-state index contributed by atoms with van der Waals surface area (Å²) in [4.78, 5) is 23.6. The quantitative estimate of drug-likeness (QED) is 0.891. The van der Waals surface area contributed by atoms with Gasteiger partial charge in [0.05, 0.1) is 0 Å². The Morgan fingerprint density at radius 3 is 2.58 bits per heavy atom. The van der Waals surface area contributed by atoms with Crippen LogP contribution in [0.25, 0.3) is 0 Å². The van der Waals surface area contributed by atoms with E-state index in [1.165, 1.54) is 0 Å². The van der Waals surface area contributed by atoms with E-state index in [1.54, 1.807) is 32.0 Å². The van der Waals surface area contributed by atoms with Crippen LogP contribution in [0.4, 0.5) is 0 Å². The van der Waals surface area contributed by atoms with Gasteiger partial charge < -0.3 is 10.4 Å². The summed E-state index contributed by atoms with van der Waals surface area (Å²) in [5, 5.41) is 12.5. The highest BCUT2D eigenvalue weighted by Gasteiger charge is 2.48. The Bertz CT molecular complexity index is 539. The van der Waals surface area contributed by atoms with Crippen LogP contribution in [0.5, 0.6) is 0 Å². The van der Waals surface area contributed by atoms with Gasteiger partial charge in [-0.05, 0) is 50.3 Å². The van der Waals surface area contributed by atoms with Gasteiger partial charge in [0.15, 0.2) is 0 Å². The summed E-state index contributed by atoms with van der Waals surface area (Å²) in [5.74, 6) is -1.38. The minimum atomic E-state index is -1.20. The number of halogens is 1. The number of carbonyl (C=O) groups is 2. The lowest BCUT2D eigenvalue weighted by Crippen LogP contribution is -2.54. The second-order valence-electron chi connectivity index (χ2n) is 5.15. The van der Waals surface area contributed by atoms with Crippen LogP contribution in [-0.4, -0.2) is 22.5 Å². The third-order valence-electron chi connectivity index (χ3n) is 3.72. The number of aliphatic carboxylic acids is 1. The van der Waals surface area contributed by atoms with E-state index < -0.39 is 17.4 Å². The van der Waals surface area contributed by atoms with E-state index in [-0.39, 0.29) is 5.92 Å². The Morgan fingerprint density at radius 2 is 2.05 bits per heavy atom. The Labute approximate surface area is 116 Å². The predicted molar refractivity (Wildman–Crippen MR) is 72.4 cm³/mol. The maximum absolute atomic E-state index is 12.2. The number of benzene rings is 1. The van der Waals surface area contributed by atoms with Crippen LogP contribution in [0.3, 0.4) is 0 Å².